The Kier molecular flexibility index (Phi) is 4.51. The normalized spacial score (nSPS) is 22.0. The fourth-order valence-corrected chi connectivity index (χ4v) is 1.84. The van der Waals surface area contributed by atoms with Crippen LogP contribution in [0.25, 0.3) is 0 Å². The maximum atomic E-state index is 11.9. The number of ether oxygens (including phenoxy) is 1. The van der Waals surface area contributed by atoms with Crippen molar-refractivity contribution in [3.63, 3.8) is 0 Å². The van der Waals surface area contributed by atoms with Gasteiger partial charge in [0.1, 0.15) is 6.04 Å². The largest absolute Gasteiger partial charge is 0.451 e. The maximum Gasteiger partial charge on any atom is 0.323 e. The molecule has 1 aliphatic rings. The van der Waals surface area contributed by atoms with E-state index in [1.165, 1.54) is 0 Å². The van der Waals surface area contributed by atoms with Gasteiger partial charge in [-0.15, -0.1) is 0 Å². The highest BCUT2D eigenvalue weighted by atomic mass is 16.6. The molecule has 2 atom stereocenters. The maximum absolute atomic E-state index is 11.9. The van der Waals surface area contributed by atoms with Crippen molar-refractivity contribution in [2.24, 2.45) is 5.41 Å². The number of hydrogen-bond donors (Lipinski definition) is 2. The van der Waals surface area contributed by atoms with Crippen LogP contribution in [0.2, 0.25) is 0 Å². The molecule has 1 heterocycles. The summed E-state index contributed by atoms with van der Waals surface area (Å²) in [7, 11) is 1.54. The van der Waals surface area contributed by atoms with Crippen molar-refractivity contribution in [1.82, 2.24) is 10.6 Å². The van der Waals surface area contributed by atoms with Crippen molar-refractivity contribution in [1.29, 1.82) is 0 Å². The standard InChI is InChI=1S/C12H22N2O3/c1-12(2,3)9(10(15)13-4)17-11(16)8-6-5-7-14-8/h8-9,14H,5-7H2,1-4H3,(H,13,15)/t8-,9?/m1/s1. The van der Waals surface area contributed by atoms with Crippen molar-refractivity contribution in [3.8, 4) is 0 Å². The fraction of sp³-hybridized carbons (Fsp3) is 0.833. The van der Waals surface area contributed by atoms with Gasteiger partial charge in [-0.05, 0) is 19.4 Å². The molecule has 0 aromatic rings. The predicted molar refractivity (Wildman–Crippen MR) is 64.4 cm³/mol. The first-order chi connectivity index (χ1) is 7.86. The lowest BCUT2D eigenvalue weighted by molar-refractivity contribution is -0.164. The molecular formula is C12H22N2O3. The lowest BCUT2D eigenvalue weighted by Gasteiger charge is -2.29. The molecule has 1 saturated heterocycles. The summed E-state index contributed by atoms with van der Waals surface area (Å²) in [6.45, 7) is 6.46. The van der Waals surface area contributed by atoms with Gasteiger partial charge >= 0.3 is 5.97 Å². The summed E-state index contributed by atoms with van der Waals surface area (Å²) >= 11 is 0. The zero-order valence-corrected chi connectivity index (χ0v) is 11.0. The van der Waals surface area contributed by atoms with Crippen LogP contribution in [-0.2, 0) is 14.3 Å². The zero-order valence-electron chi connectivity index (χ0n) is 11.0. The summed E-state index contributed by atoms with van der Waals surface area (Å²) in [6, 6.07) is -0.260. The smallest absolute Gasteiger partial charge is 0.323 e. The molecule has 0 aliphatic carbocycles. The van der Waals surface area contributed by atoms with Crippen molar-refractivity contribution >= 4 is 11.9 Å². The average Bonchev–Trinajstić information content (AvgIpc) is 2.76. The minimum atomic E-state index is -0.748. The molecule has 17 heavy (non-hydrogen) atoms. The molecule has 1 amide bonds. The molecule has 5 nitrogen and oxygen atoms in total. The summed E-state index contributed by atoms with van der Waals surface area (Å²) in [6.07, 6.45) is 1.01. The molecule has 0 aromatic heterocycles. The summed E-state index contributed by atoms with van der Waals surface area (Å²) in [4.78, 5) is 23.6. The van der Waals surface area contributed by atoms with Crippen LogP contribution in [0, 0.1) is 5.41 Å². The monoisotopic (exact) mass is 242 g/mol. The Bertz CT molecular complexity index is 291. The van der Waals surface area contributed by atoms with Crippen LogP contribution in [0.15, 0.2) is 0 Å². The average molecular weight is 242 g/mol. The van der Waals surface area contributed by atoms with Crippen molar-refractivity contribution in [3.05, 3.63) is 0 Å². The van der Waals surface area contributed by atoms with Gasteiger partial charge in [-0.2, -0.15) is 0 Å². The first kappa shape index (κ1) is 14.0. The van der Waals surface area contributed by atoms with E-state index >= 15 is 0 Å². The molecule has 0 bridgehead atoms. The molecule has 0 aromatic carbocycles. The van der Waals surface area contributed by atoms with E-state index in [4.69, 9.17) is 4.74 Å². The second-order valence-corrected chi connectivity index (χ2v) is 5.45. The van der Waals surface area contributed by atoms with Gasteiger partial charge in [-0.3, -0.25) is 9.59 Å². The topological polar surface area (TPSA) is 67.4 Å². The number of carbonyl (C=O) groups is 2. The van der Waals surface area contributed by atoms with Crippen LogP contribution in [0.5, 0.6) is 0 Å². The SMILES string of the molecule is CNC(=O)C(OC(=O)[C@H]1CCCN1)C(C)(C)C. The molecule has 0 spiro atoms. The van der Waals surface area contributed by atoms with Gasteiger partial charge in [0.25, 0.3) is 5.91 Å². The third-order valence-corrected chi connectivity index (χ3v) is 2.85. The van der Waals surface area contributed by atoms with Crippen LogP contribution in [-0.4, -0.2) is 37.6 Å². The summed E-state index contributed by atoms with van der Waals surface area (Å²) in [5.74, 6) is -0.588. The molecule has 0 radical (unpaired) electrons. The van der Waals surface area contributed by atoms with E-state index in [0.717, 1.165) is 19.4 Å². The number of nitrogens with one attached hydrogen (secondary N) is 2. The van der Waals surface area contributed by atoms with Gasteiger partial charge in [0.2, 0.25) is 0 Å². The van der Waals surface area contributed by atoms with E-state index in [0.29, 0.717) is 0 Å². The first-order valence-electron chi connectivity index (χ1n) is 6.01. The zero-order chi connectivity index (χ0) is 13.1. The molecule has 98 valence electrons. The van der Waals surface area contributed by atoms with Crippen LogP contribution < -0.4 is 10.6 Å². The van der Waals surface area contributed by atoms with E-state index in [-0.39, 0.29) is 17.9 Å². The van der Waals surface area contributed by atoms with Crippen molar-refractivity contribution in [2.75, 3.05) is 13.6 Å². The van der Waals surface area contributed by atoms with E-state index in [2.05, 4.69) is 10.6 Å². The van der Waals surface area contributed by atoms with Gasteiger partial charge in [0.05, 0.1) is 0 Å². The van der Waals surface area contributed by atoms with E-state index in [1.807, 2.05) is 20.8 Å². The Morgan fingerprint density at radius 3 is 2.47 bits per heavy atom. The number of hydrogen-bond acceptors (Lipinski definition) is 4. The summed E-state index contributed by atoms with van der Waals surface area (Å²) in [5, 5.41) is 5.59. The third kappa shape index (κ3) is 3.70. The second-order valence-electron chi connectivity index (χ2n) is 5.45. The molecule has 0 saturated carbocycles. The number of amides is 1. The number of esters is 1. The Balaban J connectivity index is 2.66. The Hall–Kier alpha value is -1.10. The highest BCUT2D eigenvalue weighted by molar-refractivity contribution is 5.85. The van der Waals surface area contributed by atoms with E-state index in [9.17, 15) is 9.59 Å². The van der Waals surface area contributed by atoms with Crippen molar-refractivity contribution < 1.29 is 14.3 Å². The van der Waals surface area contributed by atoms with Crippen LogP contribution in [0.4, 0.5) is 0 Å². The highest BCUT2D eigenvalue weighted by Crippen LogP contribution is 2.23. The first-order valence-corrected chi connectivity index (χ1v) is 6.01. The molecular weight excluding hydrogens is 220 g/mol. The van der Waals surface area contributed by atoms with Gasteiger partial charge in [-0.1, -0.05) is 20.8 Å². The predicted octanol–water partition coefficient (Wildman–Crippen LogP) is 0.442. The van der Waals surface area contributed by atoms with Crippen LogP contribution in [0.3, 0.4) is 0 Å². The molecule has 1 unspecified atom stereocenters. The number of rotatable bonds is 3. The summed E-state index contributed by atoms with van der Waals surface area (Å²) < 4.78 is 5.34. The van der Waals surface area contributed by atoms with Gasteiger partial charge in [0.15, 0.2) is 6.10 Å². The molecule has 1 rings (SSSR count). The van der Waals surface area contributed by atoms with Crippen LogP contribution >= 0.6 is 0 Å². The Morgan fingerprint density at radius 2 is 2.06 bits per heavy atom. The van der Waals surface area contributed by atoms with E-state index in [1.54, 1.807) is 7.05 Å². The lowest BCUT2D eigenvalue weighted by atomic mass is 9.88. The van der Waals surface area contributed by atoms with E-state index < -0.39 is 11.5 Å². The molecule has 2 N–H and O–H groups in total. The Morgan fingerprint density at radius 1 is 1.41 bits per heavy atom. The molecule has 5 heteroatoms. The molecule has 1 fully saturated rings. The highest BCUT2D eigenvalue weighted by Gasteiger charge is 2.36. The van der Waals surface area contributed by atoms with Gasteiger partial charge in [0, 0.05) is 12.5 Å². The minimum absolute atomic E-state index is 0.260. The quantitative estimate of drug-likeness (QED) is 0.705. The molecule has 1 aliphatic heterocycles. The second kappa shape index (κ2) is 5.49. The fourth-order valence-electron chi connectivity index (χ4n) is 1.84. The Labute approximate surface area is 102 Å². The van der Waals surface area contributed by atoms with Gasteiger partial charge in [-0.25, -0.2) is 0 Å². The van der Waals surface area contributed by atoms with Gasteiger partial charge < -0.3 is 15.4 Å². The lowest BCUT2D eigenvalue weighted by Crippen LogP contribution is -2.47. The summed E-state index contributed by atoms with van der Waals surface area (Å²) in [5.41, 5.74) is -0.408. The minimum Gasteiger partial charge on any atom is -0.451 e. The van der Waals surface area contributed by atoms with Crippen molar-refractivity contribution in [2.45, 2.75) is 45.8 Å². The number of likely N-dealkylation sites (N-methyl/N-ethyl adjacent to an activating group) is 1. The van der Waals surface area contributed by atoms with Crippen LogP contribution in [0.1, 0.15) is 33.6 Å². The third-order valence-electron chi connectivity index (χ3n) is 2.85. The number of carbonyl (C=O) groups excluding carboxylic acids is 2.